The van der Waals surface area contributed by atoms with Gasteiger partial charge in [0.05, 0.1) is 26.4 Å². The van der Waals surface area contributed by atoms with Crippen molar-refractivity contribution in [1.29, 1.82) is 0 Å². The lowest BCUT2D eigenvalue weighted by atomic mass is 10.1. The van der Waals surface area contributed by atoms with Gasteiger partial charge in [-0.1, -0.05) is 240 Å². The van der Waals surface area contributed by atoms with E-state index in [1.165, 1.54) is 70.6 Å². The van der Waals surface area contributed by atoms with Gasteiger partial charge in [-0.3, -0.25) is 37.3 Å². The third-order valence-corrected chi connectivity index (χ3v) is 17.4. The Morgan fingerprint density at radius 1 is 0.302 bits per heavy atom. The van der Waals surface area contributed by atoms with Crippen LogP contribution in [0.4, 0.5) is 0 Å². The van der Waals surface area contributed by atoms with Crippen molar-refractivity contribution in [3.05, 3.63) is 97.2 Å². The number of ether oxygens (including phenoxy) is 4. The molecule has 0 saturated carbocycles. The number of aliphatic hydroxyl groups excluding tert-OH is 1. The van der Waals surface area contributed by atoms with E-state index < -0.39 is 97.5 Å². The fourth-order valence-corrected chi connectivity index (χ4v) is 11.3. The summed E-state index contributed by atoms with van der Waals surface area (Å²) in [5.74, 6) is -2.25. The molecule has 0 aromatic rings. The van der Waals surface area contributed by atoms with E-state index in [0.717, 1.165) is 161 Å². The maximum absolute atomic E-state index is 13.1. The SMILES string of the molecule is CC/C=C\C/C=C\C/C=C\C/C=C\CCCCC(=O)OCC(COP(=O)(O)OCC(O)COP(=O)(O)OCC(COC(=O)CCCCCCC/C=C\CCCCCCCC)OC(=O)CCCCCCC/C=C\CCCC)OC(=O)CCCCCCC/C=C\C/C=C\CCCCC. The van der Waals surface area contributed by atoms with Crippen molar-refractivity contribution < 1.29 is 80.2 Å². The summed E-state index contributed by atoms with van der Waals surface area (Å²) in [5.41, 5.74) is 0. The van der Waals surface area contributed by atoms with Crippen molar-refractivity contribution in [2.45, 2.75) is 329 Å². The molecule has 0 aromatic carbocycles. The topological polar surface area (TPSA) is 237 Å². The van der Waals surface area contributed by atoms with Crippen molar-refractivity contribution in [2.75, 3.05) is 39.6 Å². The summed E-state index contributed by atoms with van der Waals surface area (Å²) in [6, 6.07) is 0. The highest BCUT2D eigenvalue weighted by Crippen LogP contribution is 2.45. The quantitative estimate of drug-likeness (QED) is 0.0169. The van der Waals surface area contributed by atoms with E-state index in [1.807, 2.05) is 0 Å². The Morgan fingerprint density at radius 3 is 0.917 bits per heavy atom. The molecule has 0 aliphatic rings. The summed E-state index contributed by atoms with van der Waals surface area (Å²) in [5, 5.41) is 10.6. The molecule has 0 spiro atoms. The zero-order chi connectivity index (χ0) is 70.4. The molecule has 554 valence electrons. The molecule has 17 nitrogen and oxygen atoms in total. The summed E-state index contributed by atoms with van der Waals surface area (Å²) < 4.78 is 68.3. The Morgan fingerprint density at radius 2 is 0.552 bits per heavy atom. The second-order valence-corrected chi connectivity index (χ2v) is 27.8. The highest BCUT2D eigenvalue weighted by molar-refractivity contribution is 7.47. The van der Waals surface area contributed by atoms with Crippen molar-refractivity contribution in [3.8, 4) is 0 Å². The predicted molar refractivity (Wildman–Crippen MR) is 390 cm³/mol. The summed E-state index contributed by atoms with van der Waals surface area (Å²) >= 11 is 0. The van der Waals surface area contributed by atoms with Gasteiger partial charge < -0.3 is 33.8 Å². The Hall–Kier alpha value is -4.02. The number of hydrogen-bond donors (Lipinski definition) is 3. The second kappa shape index (κ2) is 69.5. The zero-order valence-corrected chi connectivity index (χ0v) is 62.1. The summed E-state index contributed by atoms with van der Waals surface area (Å²) in [6.07, 6.45) is 71.2. The van der Waals surface area contributed by atoms with Crippen LogP contribution in [-0.2, 0) is 65.4 Å². The molecule has 0 heterocycles. The molecule has 0 aliphatic carbocycles. The molecule has 19 heteroatoms. The van der Waals surface area contributed by atoms with E-state index >= 15 is 0 Å². The number of aliphatic hydroxyl groups is 1. The standard InChI is InChI=1S/C77H134O17P2/c1-5-9-13-17-21-25-29-32-35-38-42-45-49-53-57-61-74(79)87-67-72(93-76(81)63-59-55-51-47-41-28-24-20-16-12-8-4)69-91-95(83,84)89-65-71(78)66-90-96(85,86)92-70-73(94-77(82)64-60-56-52-48-44-40-37-34-31-27-23-19-15-11-7-3)68-88-75(80)62-58-54-50-46-43-39-36-33-30-26-22-18-14-10-6-2/h10,14,20,22-24,26-27,32-37,43,46,71-73,78H,5-9,11-13,15-19,21,25,28-31,38-42,44-45,47-70H2,1-4H3,(H,83,84)(H,85,86)/b14-10-,24-20-,26-22-,27-23-,35-32-,36-33-,37-34-,46-43-. The largest absolute Gasteiger partial charge is 0.472 e. The van der Waals surface area contributed by atoms with Gasteiger partial charge in [-0.25, -0.2) is 9.13 Å². The lowest BCUT2D eigenvalue weighted by molar-refractivity contribution is -0.161. The third kappa shape index (κ3) is 68.5. The van der Waals surface area contributed by atoms with Gasteiger partial charge in [0.2, 0.25) is 0 Å². The molecule has 0 amide bonds. The molecular formula is C77H134O17P2. The fourth-order valence-electron chi connectivity index (χ4n) is 9.75. The number of allylic oxidation sites excluding steroid dienone is 16. The maximum Gasteiger partial charge on any atom is 0.472 e. The van der Waals surface area contributed by atoms with Gasteiger partial charge in [0.15, 0.2) is 12.2 Å². The first-order chi connectivity index (χ1) is 46.7. The summed E-state index contributed by atoms with van der Waals surface area (Å²) in [6.45, 7) is 4.61. The molecular weight excluding hydrogens is 1260 g/mol. The molecule has 0 aromatic heterocycles. The van der Waals surface area contributed by atoms with Crippen LogP contribution in [-0.4, -0.2) is 96.7 Å². The van der Waals surface area contributed by atoms with Crippen LogP contribution in [0.1, 0.15) is 310 Å². The van der Waals surface area contributed by atoms with E-state index in [2.05, 4.69) is 125 Å². The van der Waals surface area contributed by atoms with Crippen LogP contribution in [0.3, 0.4) is 0 Å². The van der Waals surface area contributed by atoms with Gasteiger partial charge in [-0.2, -0.15) is 0 Å². The maximum atomic E-state index is 13.1. The monoisotopic (exact) mass is 1390 g/mol. The normalized spacial score (nSPS) is 14.5. The molecule has 0 radical (unpaired) electrons. The number of rotatable bonds is 70. The first-order valence-corrected chi connectivity index (χ1v) is 40.5. The fraction of sp³-hybridized carbons (Fsp3) is 0.740. The van der Waals surface area contributed by atoms with Crippen molar-refractivity contribution in [3.63, 3.8) is 0 Å². The average Bonchev–Trinajstić information content (AvgIpc) is 1.09. The number of carbonyl (C=O) groups is 4. The van der Waals surface area contributed by atoms with Crippen LogP contribution in [0, 0.1) is 0 Å². The Kier molecular flexibility index (Phi) is 66.6. The molecule has 5 unspecified atom stereocenters. The van der Waals surface area contributed by atoms with Crippen LogP contribution in [0.5, 0.6) is 0 Å². The zero-order valence-electron chi connectivity index (χ0n) is 60.3. The van der Waals surface area contributed by atoms with Gasteiger partial charge in [-0.05, 0) is 141 Å². The van der Waals surface area contributed by atoms with Crippen LogP contribution in [0.25, 0.3) is 0 Å². The van der Waals surface area contributed by atoms with E-state index in [-0.39, 0.29) is 25.7 Å². The highest BCUT2D eigenvalue weighted by Gasteiger charge is 2.30. The smallest absolute Gasteiger partial charge is 0.462 e. The van der Waals surface area contributed by atoms with Crippen LogP contribution in [0.15, 0.2) is 97.2 Å². The minimum atomic E-state index is -4.98. The van der Waals surface area contributed by atoms with E-state index in [9.17, 15) is 43.2 Å². The number of phosphoric acid groups is 2. The third-order valence-electron chi connectivity index (χ3n) is 15.5. The Bertz CT molecular complexity index is 2200. The summed E-state index contributed by atoms with van der Waals surface area (Å²) in [4.78, 5) is 72.7. The Balaban J connectivity index is 5.37. The van der Waals surface area contributed by atoms with Gasteiger partial charge in [0, 0.05) is 25.7 Å². The van der Waals surface area contributed by atoms with E-state index in [1.54, 1.807) is 0 Å². The minimum absolute atomic E-state index is 0.0692. The molecule has 0 rings (SSSR count). The number of hydrogen-bond acceptors (Lipinski definition) is 15. The number of phosphoric ester groups is 2. The second-order valence-electron chi connectivity index (χ2n) is 24.8. The molecule has 5 atom stereocenters. The number of carbonyl (C=O) groups excluding carboxylic acids is 4. The van der Waals surface area contributed by atoms with Gasteiger partial charge in [0.25, 0.3) is 0 Å². The lowest BCUT2D eigenvalue weighted by Gasteiger charge is -2.21. The molecule has 0 fully saturated rings. The first-order valence-electron chi connectivity index (χ1n) is 37.5. The number of unbranched alkanes of at least 4 members (excludes halogenated alkanes) is 28. The van der Waals surface area contributed by atoms with Gasteiger partial charge in [0.1, 0.15) is 19.3 Å². The van der Waals surface area contributed by atoms with E-state index in [4.69, 9.17) is 37.0 Å². The van der Waals surface area contributed by atoms with Crippen molar-refractivity contribution in [2.24, 2.45) is 0 Å². The van der Waals surface area contributed by atoms with Crippen molar-refractivity contribution >= 4 is 39.5 Å². The summed E-state index contributed by atoms with van der Waals surface area (Å²) in [7, 11) is -9.96. The molecule has 3 N–H and O–H groups in total. The lowest BCUT2D eigenvalue weighted by Crippen LogP contribution is -2.30. The molecule has 0 aliphatic heterocycles. The minimum Gasteiger partial charge on any atom is -0.462 e. The number of esters is 4. The van der Waals surface area contributed by atoms with Crippen LogP contribution < -0.4 is 0 Å². The van der Waals surface area contributed by atoms with Gasteiger partial charge in [-0.15, -0.1) is 0 Å². The van der Waals surface area contributed by atoms with Crippen LogP contribution in [0.2, 0.25) is 0 Å². The van der Waals surface area contributed by atoms with Gasteiger partial charge >= 0.3 is 39.5 Å². The highest BCUT2D eigenvalue weighted by atomic mass is 31.2. The predicted octanol–water partition coefficient (Wildman–Crippen LogP) is 21.2. The van der Waals surface area contributed by atoms with Crippen molar-refractivity contribution in [1.82, 2.24) is 0 Å². The molecule has 0 saturated heterocycles. The van der Waals surface area contributed by atoms with E-state index in [0.29, 0.717) is 25.7 Å². The average molecular weight is 1390 g/mol. The first kappa shape index (κ1) is 92.0. The Labute approximate surface area is 582 Å². The molecule has 0 bridgehead atoms. The van der Waals surface area contributed by atoms with Crippen LogP contribution >= 0.6 is 15.6 Å². The molecule has 96 heavy (non-hydrogen) atoms.